The van der Waals surface area contributed by atoms with Gasteiger partial charge in [-0.25, -0.2) is 18.7 Å². The summed E-state index contributed by atoms with van der Waals surface area (Å²) in [6, 6.07) is 8.96. The average molecular weight is 407 g/mol. The lowest BCUT2D eigenvalue weighted by Crippen LogP contribution is -2.17. The van der Waals surface area contributed by atoms with Crippen molar-refractivity contribution in [2.45, 2.75) is 19.4 Å². The molecule has 2 N–H and O–H groups in total. The van der Waals surface area contributed by atoms with Gasteiger partial charge in [0, 0.05) is 13.1 Å². The molecule has 2 aromatic heterocycles. The van der Waals surface area contributed by atoms with E-state index in [0.29, 0.717) is 22.8 Å². The molecule has 152 valence electrons. The lowest BCUT2D eigenvalue weighted by molar-refractivity contribution is 0.0966. The first kappa shape index (κ1) is 18.5. The molecule has 0 unspecified atom stereocenters. The van der Waals surface area contributed by atoms with Gasteiger partial charge >= 0.3 is 0 Å². The highest BCUT2D eigenvalue weighted by atomic mass is 19.1. The largest absolute Gasteiger partial charge is 0.370 e. The van der Waals surface area contributed by atoms with Crippen molar-refractivity contribution in [3.8, 4) is 11.3 Å². The second-order valence-corrected chi connectivity index (χ2v) is 7.38. The monoisotopic (exact) mass is 407 g/mol. The summed E-state index contributed by atoms with van der Waals surface area (Å²) in [5.74, 6) is -1.17. The number of rotatable bonds is 4. The van der Waals surface area contributed by atoms with Crippen LogP contribution in [0, 0.1) is 11.6 Å². The minimum atomic E-state index is -0.709. The van der Waals surface area contributed by atoms with E-state index in [1.165, 1.54) is 37.1 Å². The van der Waals surface area contributed by atoms with Crippen LogP contribution in [0.2, 0.25) is 0 Å². The van der Waals surface area contributed by atoms with Gasteiger partial charge in [0.15, 0.2) is 0 Å². The van der Waals surface area contributed by atoms with E-state index < -0.39 is 11.6 Å². The Hall–Kier alpha value is -3.55. The number of amides is 1. The molecule has 1 aromatic carbocycles. The SMILES string of the molecule is O=C1NCc2nc(-c3c(F)cccc3F)cc(Nc3ccc(N4CCCC4)cn3)c21. The first-order valence-corrected chi connectivity index (χ1v) is 9.85. The molecule has 0 radical (unpaired) electrons. The number of fused-ring (bicyclic) bond motifs is 1. The van der Waals surface area contributed by atoms with Crippen molar-refractivity contribution < 1.29 is 13.6 Å². The zero-order chi connectivity index (χ0) is 20.7. The summed E-state index contributed by atoms with van der Waals surface area (Å²) < 4.78 is 28.6. The summed E-state index contributed by atoms with van der Waals surface area (Å²) in [6.07, 6.45) is 4.13. The van der Waals surface area contributed by atoms with Crippen LogP contribution < -0.4 is 15.5 Å². The minimum Gasteiger partial charge on any atom is -0.370 e. The van der Waals surface area contributed by atoms with Crippen LogP contribution >= 0.6 is 0 Å². The van der Waals surface area contributed by atoms with Gasteiger partial charge in [-0.2, -0.15) is 0 Å². The number of anilines is 3. The molecule has 4 heterocycles. The molecule has 0 bridgehead atoms. The number of carbonyl (C=O) groups is 1. The summed E-state index contributed by atoms with van der Waals surface area (Å²) in [7, 11) is 0. The van der Waals surface area contributed by atoms with Gasteiger partial charge in [0.05, 0.1) is 46.6 Å². The molecule has 0 aliphatic carbocycles. The lowest BCUT2D eigenvalue weighted by Gasteiger charge is -2.17. The van der Waals surface area contributed by atoms with E-state index in [0.717, 1.165) is 18.8 Å². The van der Waals surface area contributed by atoms with Crippen LogP contribution in [0.5, 0.6) is 0 Å². The Morgan fingerprint density at radius 3 is 2.50 bits per heavy atom. The van der Waals surface area contributed by atoms with Crippen LogP contribution in [0.4, 0.5) is 26.0 Å². The van der Waals surface area contributed by atoms with Crippen molar-refractivity contribution in [3.05, 3.63) is 65.5 Å². The fraction of sp³-hybridized carbons (Fsp3) is 0.227. The van der Waals surface area contributed by atoms with Crippen LogP contribution in [-0.4, -0.2) is 29.0 Å². The number of nitrogens with one attached hydrogen (secondary N) is 2. The normalized spacial score (nSPS) is 15.3. The number of carbonyl (C=O) groups excluding carboxylic acids is 1. The Balaban J connectivity index is 1.53. The lowest BCUT2D eigenvalue weighted by atomic mass is 10.1. The van der Waals surface area contributed by atoms with Gasteiger partial charge in [0.25, 0.3) is 5.91 Å². The molecule has 0 spiro atoms. The van der Waals surface area contributed by atoms with Crippen LogP contribution in [-0.2, 0) is 6.54 Å². The topological polar surface area (TPSA) is 70.2 Å². The molecular weight excluding hydrogens is 388 g/mol. The first-order valence-electron chi connectivity index (χ1n) is 9.85. The van der Waals surface area contributed by atoms with Gasteiger partial charge in [-0.1, -0.05) is 6.07 Å². The Bertz CT molecular complexity index is 1110. The predicted octanol–water partition coefficient (Wildman–Crippen LogP) is 4.01. The van der Waals surface area contributed by atoms with Crippen molar-refractivity contribution in [1.29, 1.82) is 0 Å². The number of pyridine rings is 2. The van der Waals surface area contributed by atoms with E-state index in [2.05, 4.69) is 25.5 Å². The molecular formula is C22H19F2N5O. The smallest absolute Gasteiger partial charge is 0.255 e. The Morgan fingerprint density at radius 2 is 1.80 bits per heavy atom. The predicted molar refractivity (Wildman–Crippen MR) is 110 cm³/mol. The first-order chi connectivity index (χ1) is 14.6. The molecule has 2 aliphatic rings. The van der Waals surface area contributed by atoms with Crippen LogP contribution in [0.25, 0.3) is 11.3 Å². The molecule has 0 saturated carbocycles. The zero-order valence-electron chi connectivity index (χ0n) is 16.1. The number of halogens is 2. The Morgan fingerprint density at radius 1 is 1.03 bits per heavy atom. The van der Waals surface area contributed by atoms with Gasteiger partial charge in [-0.05, 0) is 43.2 Å². The average Bonchev–Trinajstić information content (AvgIpc) is 3.39. The second-order valence-electron chi connectivity index (χ2n) is 7.38. The van der Waals surface area contributed by atoms with E-state index in [9.17, 15) is 13.6 Å². The van der Waals surface area contributed by atoms with Gasteiger partial charge in [0.2, 0.25) is 0 Å². The third-order valence-corrected chi connectivity index (χ3v) is 5.44. The summed E-state index contributed by atoms with van der Waals surface area (Å²) in [5, 5.41) is 5.84. The number of hydrogen-bond donors (Lipinski definition) is 2. The fourth-order valence-corrected chi connectivity index (χ4v) is 3.96. The van der Waals surface area contributed by atoms with Crippen molar-refractivity contribution in [2.75, 3.05) is 23.3 Å². The highest BCUT2D eigenvalue weighted by molar-refractivity contribution is 6.04. The maximum Gasteiger partial charge on any atom is 0.255 e. The molecule has 1 amide bonds. The van der Waals surface area contributed by atoms with E-state index in [-0.39, 0.29) is 23.7 Å². The van der Waals surface area contributed by atoms with E-state index in [1.807, 2.05) is 12.1 Å². The summed E-state index contributed by atoms with van der Waals surface area (Å²) in [5.41, 5.74) is 2.16. The van der Waals surface area contributed by atoms with Gasteiger partial charge in [-0.15, -0.1) is 0 Å². The summed E-state index contributed by atoms with van der Waals surface area (Å²) >= 11 is 0. The third-order valence-electron chi connectivity index (χ3n) is 5.44. The fourth-order valence-electron chi connectivity index (χ4n) is 3.96. The van der Waals surface area contributed by atoms with Gasteiger partial charge < -0.3 is 15.5 Å². The molecule has 6 nitrogen and oxygen atoms in total. The number of aromatic nitrogens is 2. The van der Waals surface area contributed by atoms with Gasteiger partial charge in [0.1, 0.15) is 17.5 Å². The molecule has 30 heavy (non-hydrogen) atoms. The van der Waals surface area contributed by atoms with E-state index in [1.54, 1.807) is 6.20 Å². The van der Waals surface area contributed by atoms with Crippen molar-refractivity contribution in [3.63, 3.8) is 0 Å². The highest BCUT2D eigenvalue weighted by Crippen LogP contribution is 2.33. The van der Waals surface area contributed by atoms with Crippen LogP contribution in [0.3, 0.4) is 0 Å². The molecule has 0 atom stereocenters. The number of hydrogen-bond acceptors (Lipinski definition) is 5. The minimum absolute atomic E-state index is 0.122. The Labute approximate surface area is 172 Å². The van der Waals surface area contributed by atoms with E-state index >= 15 is 0 Å². The molecule has 2 aliphatic heterocycles. The van der Waals surface area contributed by atoms with Gasteiger partial charge in [-0.3, -0.25) is 4.79 Å². The zero-order valence-corrected chi connectivity index (χ0v) is 16.1. The molecule has 1 fully saturated rings. The second kappa shape index (κ2) is 7.37. The Kier molecular flexibility index (Phi) is 4.54. The standard InChI is InChI=1S/C22H19F2N5O/c23-14-4-3-5-15(24)20(14)16-10-17(21-18(27-16)12-26-22(21)30)28-19-7-6-13(11-25-19)29-8-1-2-9-29/h3-7,10-11H,1-2,8-9,12H2,(H,26,30)(H,25,27,28). The molecule has 3 aromatic rings. The maximum absolute atomic E-state index is 14.3. The third kappa shape index (κ3) is 3.24. The maximum atomic E-state index is 14.3. The van der Waals surface area contributed by atoms with E-state index in [4.69, 9.17) is 0 Å². The summed E-state index contributed by atoms with van der Waals surface area (Å²) in [6.45, 7) is 2.24. The molecule has 5 rings (SSSR count). The molecule has 1 saturated heterocycles. The van der Waals surface area contributed by atoms with Crippen molar-refractivity contribution >= 4 is 23.1 Å². The number of benzene rings is 1. The highest BCUT2D eigenvalue weighted by Gasteiger charge is 2.27. The van der Waals surface area contributed by atoms with Crippen LogP contribution in [0.15, 0.2) is 42.6 Å². The number of nitrogens with zero attached hydrogens (tertiary/aromatic N) is 3. The summed E-state index contributed by atoms with van der Waals surface area (Å²) in [4.78, 5) is 23.4. The quantitative estimate of drug-likeness (QED) is 0.684. The van der Waals surface area contributed by atoms with Crippen LogP contribution in [0.1, 0.15) is 28.9 Å². The molecule has 8 heteroatoms. The van der Waals surface area contributed by atoms with Crippen molar-refractivity contribution in [2.24, 2.45) is 0 Å². The van der Waals surface area contributed by atoms with Crippen molar-refractivity contribution in [1.82, 2.24) is 15.3 Å².